The van der Waals surface area contributed by atoms with Gasteiger partial charge in [-0.3, -0.25) is 4.79 Å². The molecule has 0 saturated carbocycles. The number of carbonyl (C=O) groups is 1. The average molecular weight is 414 g/mol. The molecule has 1 aliphatic rings. The van der Waals surface area contributed by atoms with Gasteiger partial charge in [-0.25, -0.2) is 0 Å². The molecule has 4 rings (SSSR count). The minimum atomic E-state index is 0.0556. The molecule has 1 amide bonds. The number of hydrogen-bond donors (Lipinski definition) is 1. The number of benzene rings is 2. The molecule has 0 fully saturated rings. The predicted molar refractivity (Wildman–Crippen MR) is 106 cm³/mol. The molecule has 1 atom stereocenters. The summed E-state index contributed by atoms with van der Waals surface area (Å²) in [5, 5.41) is 5.22. The SMILES string of the molecule is COc1ccc(C2CC(=O)Nc3c(-c4ccccc4)csc32)cc1Br. The van der Waals surface area contributed by atoms with E-state index in [1.54, 1.807) is 18.4 Å². The Balaban J connectivity index is 1.80. The van der Waals surface area contributed by atoms with E-state index >= 15 is 0 Å². The van der Waals surface area contributed by atoms with Crippen LogP contribution in [-0.4, -0.2) is 13.0 Å². The van der Waals surface area contributed by atoms with E-state index in [0.717, 1.165) is 32.6 Å². The van der Waals surface area contributed by atoms with Crippen LogP contribution in [0.25, 0.3) is 11.1 Å². The van der Waals surface area contributed by atoms with Crippen molar-refractivity contribution in [3.63, 3.8) is 0 Å². The van der Waals surface area contributed by atoms with Crippen LogP contribution in [0.2, 0.25) is 0 Å². The number of carbonyl (C=O) groups excluding carboxylic acids is 1. The van der Waals surface area contributed by atoms with Crippen LogP contribution >= 0.6 is 27.3 Å². The van der Waals surface area contributed by atoms with E-state index in [4.69, 9.17) is 4.74 Å². The summed E-state index contributed by atoms with van der Waals surface area (Å²) in [6.45, 7) is 0. The maximum Gasteiger partial charge on any atom is 0.225 e. The van der Waals surface area contributed by atoms with Gasteiger partial charge in [0.25, 0.3) is 0 Å². The summed E-state index contributed by atoms with van der Waals surface area (Å²) in [5.74, 6) is 0.911. The summed E-state index contributed by atoms with van der Waals surface area (Å²) in [5.41, 5.74) is 4.28. The molecule has 5 heteroatoms. The van der Waals surface area contributed by atoms with Gasteiger partial charge in [0.1, 0.15) is 5.75 Å². The van der Waals surface area contributed by atoms with Crippen LogP contribution in [0.5, 0.6) is 5.75 Å². The van der Waals surface area contributed by atoms with Crippen molar-refractivity contribution in [2.45, 2.75) is 12.3 Å². The third kappa shape index (κ3) is 2.98. The van der Waals surface area contributed by atoms with E-state index in [9.17, 15) is 4.79 Å². The Morgan fingerprint density at radius 2 is 2.00 bits per heavy atom. The molecule has 0 spiro atoms. The molecule has 2 heterocycles. The number of hydrogen-bond acceptors (Lipinski definition) is 3. The van der Waals surface area contributed by atoms with Crippen molar-refractivity contribution in [2.75, 3.05) is 12.4 Å². The number of nitrogens with one attached hydrogen (secondary N) is 1. The first-order valence-electron chi connectivity index (χ1n) is 7.97. The minimum Gasteiger partial charge on any atom is -0.496 e. The highest BCUT2D eigenvalue weighted by atomic mass is 79.9. The zero-order valence-corrected chi connectivity index (χ0v) is 16.0. The third-order valence-electron chi connectivity index (χ3n) is 4.45. The summed E-state index contributed by atoms with van der Waals surface area (Å²) in [6, 6.07) is 16.2. The van der Waals surface area contributed by atoms with Gasteiger partial charge in [-0.15, -0.1) is 11.3 Å². The number of rotatable bonds is 3. The topological polar surface area (TPSA) is 38.3 Å². The van der Waals surface area contributed by atoms with Crippen LogP contribution in [0.4, 0.5) is 5.69 Å². The highest BCUT2D eigenvalue weighted by Gasteiger charge is 2.30. The van der Waals surface area contributed by atoms with Gasteiger partial charge in [0.2, 0.25) is 5.91 Å². The van der Waals surface area contributed by atoms with Gasteiger partial charge in [0, 0.05) is 28.2 Å². The summed E-state index contributed by atoms with van der Waals surface area (Å²) >= 11 is 5.26. The molecule has 2 aromatic carbocycles. The third-order valence-corrected chi connectivity index (χ3v) is 6.17. The molecule has 1 N–H and O–H groups in total. The standard InChI is InChI=1S/C20H16BrNO2S/c1-24-17-8-7-13(9-16(17)21)14-10-18(23)22-19-15(11-25-20(14)19)12-5-3-2-4-6-12/h2-9,11,14H,10H2,1H3,(H,22,23). The Labute approximate surface area is 158 Å². The smallest absolute Gasteiger partial charge is 0.225 e. The van der Waals surface area contributed by atoms with Crippen LogP contribution in [0, 0.1) is 0 Å². The van der Waals surface area contributed by atoms with Crippen molar-refractivity contribution in [1.29, 1.82) is 0 Å². The highest BCUT2D eigenvalue weighted by molar-refractivity contribution is 9.10. The molecule has 1 unspecified atom stereocenters. The maximum absolute atomic E-state index is 12.4. The van der Waals surface area contributed by atoms with E-state index in [-0.39, 0.29) is 11.8 Å². The molecule has 3 nitrogen and oxygen atoms in total. The maximum atomic E-state index is 12.4. The first kappa shape index (κ1) is 16.4. The van der Waals surface area contributed by atoms with Crippen molar-refractivity contribution < 1.29 is 9.53 Å². The van der Waals surface area contributed by atoms with Crippen LogP contribution in [-0.2, 0) is 4.79 Å². The molecule has 0 radical (unpaired) electrons. The van der Waals surface area contributed by atoms with Crippen LogP contribution < -0.4 is 10.1 Å². The molecular formula is C20H16BrNO2S. The molecule has 0 saturated heterocycles. The fraction of sp³-hybridized carbons (Fsp3) is 0.150. The van der Waals surface area contributed by atoms with E-state index in [1.807, 2.05) is 36.4 Å². The normalized spacial score (nSPS) is 16.2. The second kappa shape index (κ2) is 6.65. The zero-order valence-electron chi connectivity index (χ0n) is 13.6. The lowest BCUT2D eigenvalue weighted by Crippen LogP contribution is -2.22. The molecule has 0 aliphatic carbocycles. The Hall–Kier alpha value is -2.11. The number of methoxy groups -OCH3 is 1. The molecule has 126 valence electrons. The number of anilines is 1. The fourth-order valence-electron chi connectivity index (χ4n) is 3.23. The van der Waals surface area contributed by atoms with Crippen molar-refractivity contribution in [3.8, 4) is 16.9 Å². The van der Waals surface area contributed by atoms with Gasteiger partial charge >= 0.3 is 0 Å². The highest BCUT2D eigenvalue weighted by Crippen LogP contribution is 2.47. The van der Waals surface area contributed by atoms with Crippen LogP contribution in [0.15, 0.2) is 58.4 Å². The number of fused-ring (bicyclic) bond motifs is 1. The van der Waals surface area contributed by atoms with Gasteiger partial charge in [-0.05, 0) is 39.2 Å². The number of ether oxygens (including phenoxy) is 1. The van der Waals surface area contributed by atoms with Crippen molar-refractivity contribution in [1.82, 2.24) is 0 Å². The second-order valence-corrected chi connectivity index (χ2v) is 7.72. The lowest BCUT2D eigenvalue weighted by atomic mass is 9.89. The van der Waals surface area contributed by atoms with Crippen LogP contribution in [0.3, 0.4) is 0 Å². The Morgan fingerprint density at radius 1 is 1.20 bits per heavy atom. The van der Waals surface area contributed by atoms with E-state index in [0.29, 0.717) is 6.42 Å². The predicted octanol–water partition coefficient (Wildman–Crippen LogP) is 5.66. The second-order valence-electron chi connectivity index (χ2n) is 5.95. The molecule has 3 aromatic rings. The van der Waals surface area contributed by atoms with E-state index in [2.05, 4.69) is 38.8 Å². The number of halogens is 1. The van der Waals surface area contributed by atoms with Crippen molar-refractivity contribution in [3.05, 3.63) is 68.8 Å². The summed E-state index contributed by atoms with van der Waals surface area (Å²) in [6.07, 6.45) is 0.459. The first-order valence-corrected chi connectivity index (χ1v) is 9.64. The largest absolute Gasteiger partial charge is 0.496 e. The Bertz CT molecular complexity index is 936. The quantitative estimate of drug-likeness (QED) is 0.601. The summed E-state index contributed by atoms with van der Waals surface area (Å²) in [4.78, 5) is 13.6. The van der Waals surface area contributed by atoms with Gasteiger partial charge in [-0.2, -0.15) is 0 Å². The van der Waals surface area contributed by atoms with Crippen LogP contribution in [0.1, 0.15) is 22.8 Å². The monoisotopic (exact) mass is 413 g/mol. The van der Waals surface area contributed by atoms with E-state index < -0.39 is 0 Å². The van der Waals surface area contributed by atoms with E-state index in [1.165, 1.54) is 4.88 Å². The zero-order chi connectivity index (χ0) is 17.4. The number of thiophene rings is 1. The summed E-state index contributed by atoms with van der Waals surface area (Å²) in [7, 11) is 1.65. The minimum absolute atomic E-state index is 0.0556. The van der Waals surface area contributed by atoms with Crippen molar-refractivity contribution >= 4 is 38.9 Å². The lowest BCUT2D eigenvalue weighted by Gasteiger charge is -2.24. The molecule has 1 aromatic heterocycles. The van der Waals surface area contributed by atoms with Crippen molar-refractivity contribution in [2.24, 2.45) is 0 Å². The molecule has 25 heavy (non-hydrogen) atoms. The Kier molecular flexibility index (Phi) is 4.36. The number of amides is 1. The average Bonchev–Trinajstić information content (AvgIpc) is 3.05. The molecule has 0 bridgehead atoms. The molecular weight excluding hydrogens is 398 g/mol. The fourth-order valence-corrected chi connectivity index (χ4v) is 4.95. The van der Waals surface area contributed by atoms with Gasteiger partial charge in [0.15, 0.2) is 0 Å². The Morgan fingerprint density at radius 3 is 2.72 bits per heavy atom. The first-order chi connectivity index (χ1) is 12.2. The van der Waals surface area contributed by atoms with Gasteiger partial charge in [-0.1, -0.05) is 36.4 Å². The summed E-state index contributed by atoms with van der Waals surface area (Å²) < 4.78 is 6.22. The van der Waals surface area contributed by atoms with Gasteiger partial charge < -0.3 is 10.1 Å². The molecule has 1 aliphatic heterocycles. The lowest BCUT2D eigenvalue weighted by molar-refractivity contribution is -0.116. The van der Waals surface area contributed by atoms with Gasteiger partial charge in [0.05, 0.1) is 17.3 Å².